The fourth-order valence-electron chi connectivity index (χ4n) is 4.51. The second kappa shape index (κ2) is 10.8. The Morgan fingerprint density at radius 2 is 1.54 bits per heavy atom. The van der Waals surface area contributed by atoms with Crippen molar-refractivity contribution in [2.45, 2.75) is 13.3 Å². The van der Waals surface area contributed by atoms with Crippen LogP contribution >= 0.6 is 0 Å². The van der Waals surface area contributed by atoms with Crippen molar-refractivity contribution < 1.29 is 9.90 Å². The molecule has 0 bridgehead atoms. The number of allylic oxidation sites excluding steroid dienone is 1. The monoisotopic (exact) mass is 485 g/mol. The van der Waals surface area contributed by atoms with Gasteiger partial charge in [-0.2, -0.15) is 5.10 Å². The molecule has 0 saturated carbocycles. The molecule has 1 heterocycles. The van der Waals surface area contributed by atoms with Crippen LogP contribution in [0.4, 0.5) is 11.4 Å². The highest BCUT2D eigenvalue weighted by Gasteiger charge is 2.14. The summed E-state index contributed by atoms with van der Waals surface area (Å²) in [4.78, 5) is 10.9. The van der Waals surface area contributed by atoms with E-state index in [1.807, 2.05) is 48.7 Å². The van der Waals surface area contributed by atoms with Gasteiger partial charge in [-0.05, 0) is 82.3 Å². The van der Waals surface area contributed by atoms with Crippen LogP contribution in [0.5, 0.6) is 0 Å². The normalized spacial score (nSPS) is 12.0. The summed E-state index contributed by atoms with van der Waals surface area (Å²) in [7, 11) is 0. The molecule has 0 aliphatic carbocycles. The Morgan fingerprint density at radius 1 is 0.865 bits per heavy atom. The average Bonchev–Trinajstić information content (AvgIpc) is 3.40. The number of nitrogens with one attached hydrogen (secondary N) is 2. The van der Waals surface area contributed by atoms with E-state index >= 15 is 0 Å². The van der Waals surface area contributed by atoms with Gasteiger partial charge in [0.05, 0.1) is 11.7 Å². The van der Waals surface area contributed by atoms with Crippen molar-refractivity contribution in [3.05, 3.63) is 132 Å². The molecule has 1 aromatic heterocycles. The number of para-hydroxylation sites is 1. The van der Waals surface area contributed by atoms with Gasteiger partial charge in [0, 0.05) is 22.8 Å². The Balaban J connectivity index is 1.58. The molecular weight excluding hydrogens is 458 g/mol. The van der Waals surface area contributed by atoms with Gasteiger partial charge in [0.15, 0.2) is 0 Å². The number of hydrogen-bond donors (Lipinski definition) is 3. The number of nitrogens with zero attached hydrogens (tertiary/aromatic N) is 1. The number of aromatic nitrogens is 2. The van der Waals surface area contributed by atoms with E-state index in [1.54, 1.807) is 6.08 Å². The molecule has 5 heteroatoms. The molecule has 0 atom stereocenters. The van der Waals surface area contributed by atoms with Gasteiger partial charge in [-0.15, -0.1) is 0 Å². The largest absolute Gasteiger partial charge is 0.478 e. The van der Waals surface area contributed by atoms with Gasteiger partial charge < -0.3 is 10.4 Å². The Labute approximate surface area is 215 Å². The van der Waals surface area contributed by atoms with E-state index in [0.29, 0.717) is 0 Å². The molecule has 0 radical (unpaired) electrons. The lowest BCUT2D eigenvalue weighted by Gasteiger charge is -2.17. The van der Waals surface area contributed by atoms with Crippen molar-refractivity contribution in [3.8, 4) is 0 Å². The average molecular weight is 486 g/mol. The smallest absolute Gasteiger partial charge is 0.328 e. The number of aromatic amines is 1. The third-order valence-electron chi connectivity index (χ3n) is 6.30. The predicted octanol–water partition coefficient (Wildman–Crippen LogP) is 7.77. The van der Waals surface area contributed by atoms with E-state index in [0.717, 1.165) is 62.6 Å². The molecule has 5 nitrogen and oxygen atoms in total. The molecule has 37 heavy (non-hydrogen) atoms. The van der Waals surface area contributed by atoms with Crippen LogP contribution in [-0.2, 0) is 4.79 Å². The van der Waals surface area contributed by atoms with E-state index < -0.39 is 5.97 Å². The Bertz CT molecular complexity index is 1580. The summed E-state index contributed by atoms with van der Waals surface area (Å²) in [5, 5.41) is 20.7. The highest BCUT2D eigenvalue weighted by molar-refractivity contribution is 6.00. The van der Waals surface area contributed by atoms with Crippen molar-refractivity contribution in [2.75, 3.05) is 5.32 Å². The van der Waals surface area contributed by atoms with Crippen LogP contribution in [0.25, 0.3) is 28.1 Å². The topological polar surface area (TPSA) is 78.0 Å². The lowest BCUT2D eigenvalue weighted by Crippen LogP contribution is -1.96. The Morgan fingerprint density at radius 3 is 2.24 bits per heavy atom. The molecular formula is C32H27N3O2. The minimum Gasteiger partial charge on any atom is -0.478 e. The molecule has 182 valence electrons. The minimum absolute atomic E-state index is 0.838. The van der Waals surface area contributed by atoms with Crippen molar-refractivity contribution in [3.63, 3.8) is 0 Å². The van der Waals surface area contributed by atoms with E-state index in [1.165, 1.54) is 5.57 Å². The molecule has 0 spiro atoms. The molecule has 0 unspecified atom stereocenters. The number of hydrogen-bond acceptors (Lipinski definition) is 3. The van der Waals surface area contributed by atoms with Crippen molar-refractivity contribution >= 4 is 45.5 Å². The molecule has 4 aromatic carbocycles. The molecule has 5 rings (SSSR count). The van der Waals surface area contributed by atoms with Gasteiger partial charge in [-0.3, -0.25) is 5.10 Å². The first-order chi connectivity index (χ1) is 18.1. The highest BCUT2D eigenvalue weighted by atomic mass is 16.4. The summed E-state index contributed by atoms with van der Waals surface area (Å²) in [5.41, 5.74) is 9.60. The molecule has 0 amide bonds. The third-order valence-corrected chi connectivity index (χ3v) is 6.30. The quantitative estimate of drug-likeness (QED) is 0.155. The number of anilines is 2. The van der Waals surface area contributed by atoms with E-state index in [2.05, 4.69) is 77.0 Å². The van der Waals surface area contributed by atoms with Crippen LogP contribution < -0.4 is 5.32 Å². The lowest BCUT2D eigenvalue weighted by molar-refractivity contribution is -0.131. The number of H-pyrrole nitrogens is 1. The number of rotatable bonds is 8. The summed E-state index contributed by atoms with van der Waals surface area (Å²) in [6.07, 6.45) is 5.43. The molecule has 0 aliphatic rings. The number of benzene rings is 4. The first kappa shape index (κ1) is 23.8. The van der Waals surface area contributed by atoms with Crippen molar-refractivity contribution in [1.29, 1.82) is 0 Å². The van der Waals surface area contributed by atoms with Crippen molar-refractivity contribution in [2.24, 2.45) is 0 Å². The van der Waals surface area contributed by atoms with E-state index in [9.17, 15) is 4.79 Å². The van der Waals surface area contributed by atoms with Crippen LogP contribution in [-0.4, -0.2) is 21.3 Å². The summed E-state index contributed by atoms with van der Waals surface area (Å²) in [6.45, 7) is 2.17. The highest BCUT2D eigenvalue weighted by Crippen LogP contribution is 2.36. The summed E-state index contributed by atoms with van der Waals surface area (Å²) in [6, 6.07) is 33.0. The SMILES string of the molecule is CCC(=C(c1ccc(C=CC(=O)O)cc1)c1ccc2[nH]ncc2c1)c1ccc(Nc2ccccc2)cc1. The number of aliphatic carboxylic acids is 1. The standard InChI is InChI=1S/C32H27N3O2/c1-2-29(23-13-16-28(17-14-23)34-27-6-4-3-5-7-27)32(25-15-18-30-26(20-25)21-33-35-30)24-11-8-22(9-12-24)10-19-31(36)37/h3-21,34H,2H2,1H3,(H,33,35)(H,36,37). The minimum atomic E-state index is -0.962. The fraction of sp³-hybridized carbons (Fsp3) is 0.0625. The summed E-state index contributed by atoms with van der Waals surface area (Å²) >= 11 is 0. The van der Waals surface area contributed by atoms with Gasteiger partial charge in [0.2, 0.25) is 0 Å². The lowest BCUT2D eigenvalue weighted by atomic mass is 9.87. The molecule has 3 N–H and O–H groups in total. The zero-order valence-electron chi connectivity index (χ0n) is 20.5. The van der Waals surface area contributed by atoms with Gasteiger partial charge in [0.25, 0.3) is 0 Å². The van der Waals surface area contributed by atoms with E-state index in [-0.39, 0.29) is 0 Å². The number of carboxylic acids is 1. The molecule has 0 saturated heterocycles. The van der Waals surface area contributed by atoms with Crippen LogP contribution in [0.1, 0.15) is 35.6 Å². The molecule has 0 fully saturated rings. The maximum Gasteiger partial charge on any atom is 0.328 e. The summed E-state index contributed by atoms with van der Waals surface area (Å²) < 4.78 is 0. The van der Waals surface area contributed by atoms with Crippen molar-refractivity contribution in [1.82, 2.24) is 10.2 Å². The third kappa shape index (κ3) is 5.52. The molecule has 5 aromatic rings. The second-order valence-electron chi connectivity index (χ2n) is 8.74. The zero-order chi connectivity index (χ0) is 25.6. The van der Waals surface area contributed by atoms with Crippen LogP contribution in [0, 0.1) is 0 Å². The Kier molecular flexibility index (Phi) is 6.95. The maximum absolute atomic E-state index is 10.9. The van der Waals surface area contributed by atoms with E-state index in [4.69, 9.17) is 5.11 Å². The Hall–Kier alpha value is -4.90. The van der Waals surface area contributed by atoms with Crippen LogP contribution in [0.3, 0.4) is 0 Å². The predicted molar refractivity (Wildman–Crippen MR) is 152 cm³/mol. The van der Waals surface area contributed by atoms with Gasteiger partial charge >= 0.3 is 5.97 Å². The number of fused-ring (bicyclic) bond motifs is 1. The number of carbonyl (C=O) groups is 1. The zero-order valence-corrected chi connectivity index (χ0v) is 20.5. The van der Waals surface area contributed by atoms with Crippen LogP contribution in [0.15, 0.2) is 109 Å². The van der Waals surface area contributed by atoms with Gasteiger partial charge in [-0.1, -0.05) is 67.6 Å². The summed E-state index contributed by atoms with van der Waals surface area (Å²) in [5.74, 6) is -0.962. The van der Waals surface area contributed by atoms with Crippen LogP contribution in [0.2, 0.25) is 0 Å². The molecule has 0 aliphatic heterocycles. The maximum atomic E-state index is 10.9. The first-order valence-electron chi connectivity index (χ1n) is 12.2. The number of carboxylic acid groups (broad SMARTS) is 1. The van der Waals surface area contributed by atoms with Gasteiger partial charge in [-0.25, -0.2) is 4.79 Å². The second-order valence-corrected chi connectivity index (χ2v) is 8.74. The van der Waals surface area contributed by atoms with Gasteiger partial charge in [0.1, 0.15) is 0 Å². The fourth-order valence-corrected chi connectivity index (χ4v) is 4.51. The first-order valence-corrected chi connectivity index (χ1v) is 12.2.